The quantitative estimate of drug-likeness (QED) is 0.734. The molecule has 0 saturated heterocycles. The lowest BCUT2D eigenvalue weighted by Crippen LogP contribution is -2.26. The number of benzene rings is 2. The van der Waals surface area contributed by atoms with Crippen molar-refractivity contribution in [3.8, 4) is 5.75 Å². The molecule has 0 unspecified atom stereocenters. The van der Waals surface area contributed by atoms with Gasteiger partial charge in [0.2, 0.25) is 0 Å². The van der Waals surface area contributed by atoms with E-state index in [0.717, 1.165) is 17.9 Å². The topological polar surface area (TPSA) is 12.5 Å². The van der Waals surface area contributed by atoms with Crippen LogP contribution in [-0.2, 0) is 6.54 Å². The van der Waals surface area contributed by atoms with Gasteiger partial charge in [0, 0.05) is 6.54 Å². The highest BCUT2D eigenvalue weighted by Crippen LogP contribution is 2.26. The van der Waals surface area contributed by atoms with E-state index < -0.39 is 0 Å². The van der Waals surface area contributed by atoms with Crippen LogP contribution in [0.3, 0.4) is 0 Å². The van der Waals surface area contributed by atoms with Crippen molar-refractivity contribution in [3.63, 3.8) is 0 Å². The van der Waals surface area contributed by atoms with Crippen molar-refractivity contribution in [1.82, 2.24) is 5.06 Å². The summed E-state index contributed by atoms with van der Waals surface area (Å²) in [6, 6.07) is 15.3. The number of halogens is 2. The van der Waals surface area contributed by atoms with Crippen LogP contribution in [0.1, 0.15) is 12.5 Å². The number of hydrogen-bond donors (Lipinski definition) is 0. The summed E-state index contributed by atoms with van der Waals surface area (Å²) in [5, 5.41) is 2.99. The summed E-state index contributed by atoms with van der Waals surface area (Å²) in [7, 11) is 0. The third-order valence-electron chi connectivity index (χ3n) is 2.71. The molecule has 0 aliphatic heterocycles. The van der Waals surface area contributed by atoms with Gasteiger partial charge in [-0.2, -0.15) is 0 Å². The predicted molar refractivity (Wildman–Crippen MR) is 79.6 cm³/mol. The van der Waals surface area contributed by atoms with Crippen LogP contribution >= 0.6 is 23.2 Å². The maximum absolute atomic E-state index is 6.18. The smallest absolute Gasteiger partial charge is 0.147 e. The Morgan fingerprint density at radius 1 is 1.00 bits per heavy atom. The van der Waals surface area contributed by atoms with E-state index in [2.05, 4.69) is 0 Å². The number of hydrogen-bond acceptors (Lipinski definition) is 2. The Labute approximate surface area is 123 Å². The van der Waals surface area contributed by atoms with Gasteiger partial charge in [-0.15, -0.1) is 5.06 Å². The summed E-state index contributed by atoms with van der Waals surface area (Å²) >= 11 is 12.2. The van der Waals surface area contributed by atoms with Gasteiger partial charge in [-0.25, -0.2) is 0 Å². The molecule has 0 aliphatic rings. The van der Waals surface area contributed by atoms with Crippen molar-refractivity contribution in [3.05, 3.63) is 64.1 Å². The third kappa shape index (κ3) is 3.87. The maximum atomic E-state index is 6.18. The first kappa shape index (κ1) is 14.2. The molecule has 0 heterocycles. The maximum Gasteiger partial charge on any atom is 0.147 e. The third-order valence-corrected chi connectivity index (χ3v) is 3.57. The molecule has 100 valence electrons. The number of hydroxylamine groups is 2. The van der Waals surface area contributed by atoms with Crippen LogP contribution in [-0.4, -0.2) is 11.6 Å². The van der Waals surface area contributed by atoms with E-state index in [1.807, 2.05) is 54.5 Å². The zero-order valence-corrected chi connectivity index (χ0v) is 12.2. The van der Waals surface area contributed by atoms with Gasteiger partial charge in [-0.05, 0) is 30.7 Å². The monoisotopic (exact) mass is 295 g/mol. The summed E-state index contributed by atoms with van der Waals surface area (Å²) < 4.78 is 0. The molecule has 0 saturated carbocycles. The fourth-order valence-corrected chi connectivity index (χ4v) is 2.08. The van der Waals surface area contributed by atoms with Gasteiger partial charge in [0.1, 0.15) is 5.75 Å². The molecule has 2 rings (SSSR count). The molecule has 0 amide bonds. The molecule has 0 N–H and O–H groups in total. The minimum absolute atomic E-state index is 0.565. The van der Waals surface area contributed by atoms with E-state index in [9.17, 15) is 0 Å². The first-order valence-electron chi connectivity index (χ1n) is 6.11. The van der Waals surface area contributed by atoms with Crippen molar-refractivity contribution in [2.45, 2.75) is 13.5 Å². The Balaban J connectivity index is 2.09. The van der Waals surface area contributed by atoms with Crippen molar-refractivity contribution in [2.24, 2.45) is 0 Å². The van der Waals surface area contributed by atoms with Crippen molar-refractivity contribution in [1.29, 1.82) is 0 Å². The molecule has 0 bridgehead atoms. The van der Waals surface area contributed by atoms with Crippen LogP contribution in [0.2, 0.25) is 10.0 Å². The largest absolute Gasteiger partial charge is 0.406 e. The first-order chi connectivity index (χ1) is 9.20. The Bertz CT molecular complexity index is 531. The van der Waals surface area contributed by atoms with Gasteiger partial charge < -0.3 is 4.84 Å². The lowest BCUT2D eigenvalue weighted by Gasteiger charge is -2.21. The Morgan fingerprint density at radius 2 is 1.74 bits per heavy atom. The highest BCUT2D eigenvalue weighted by molar-refractivity contribution is 6.42. The minimum atomic E-state index is 0.565. The number of nitrogens with zero attached hydrogens (tertiary/aromatic N) is 1. The zero-order chi connectivity index (χ0) is 13.7. The average Bonchev–Trinajstić information content (AvgIpc) is 2.44. The molecular formula is C15H15Cl2NO. The van der Waals surface area contributed by atoms with Gasteiger partial charge in [0.05, 0.1) is 16.6 Å². The van der Waals surface area contributed by atoms with E-state index >= 15 is 0 Å². The Morgan fingerprint density at radius 3 is 2.42 bits per heavy atom. The van der Waals surface area contributed by atoms with Crippen LogP contribution in [0.5, 0.6) is 5.75 Å². The minimum Gasteiger partial charge on any atom is -0.406 e. The van der Waals surface area contributed by atoms with Crippen LogP contribution in [0, 0.1) is 0 Å². The summed E-state index contributed by atoms with van der Waals surface area (Å²) in [5.74, 6) is 0.808. The molecule has 0 fully saturated rings. The van der Waals surface area contributed by atoms with Gasteiger partial charge in [-0.3, -0.25) is 0 Å². The molecule has 4 heteroatoms. The van der Waals surface area contributed by atoms with E-state index in [1.54, 1.807) is 6.07 Å². The molecule has 0 radical (unpaired) electrons. The van der Waals surface area contributed by atoms with E-state index in [1.165, 1.54) is 0 Å². The lowest BCUT2D eigenvalue weighted by molar-refractivity contribution is -0.0622. The summed E-state index contributed by atoms with van der Waals surface area (Å²) in [4.78, 5) is 5.79. The first-order valence-corrected chi connectivity index (χ1v) is 6.87. The molecule has 0 atom stereocenters. The average molecular weight is 296 g/mol. The second-order valence-corrected chi connectivity index (χ2v) is 4.86. The van der Waals surface area contributed by atoms with Crippen molar-refractivity contribution >= 4 is 23.2 Å². The number of para-hydroxylation sites is 1. The van der Waals surface area contributed by atoms with E-state index in [4.69, 9.17) is 28.0 Å². The lowest BCUT2D eigenvalue weighted by atomic mass is 10.2. The van der Waals surface area contributed by atoms with Gasteiger partial charge >= 0.3 is 0 Å². The van der Waals surface area contributed by atoms with Gasteiger partial charge in [-0.1, -0.05) is 53.5 Å². The van der Waals surface area contributed by atoms with Crippen molar-refractivity contribution in [2.75, 3.05) is 6.54 Å². The molecule has 19 heavy (non-hydrogen) atoms. The Kier molecular flexibility index (Phi) is 5.08. The molecule has 2 aromatic carbocycles. The van der Waals surface area contributed by atoms with Crippen molar-refractivity contribution < 1.29 is 4.84 Å². The molecular weight excluding hydrogens is 281 g/mol. The number of rotatable bonds is 5. The molecule has 0 spiro atoms. The van der Waals surface area contributed by atoms with Crippen LogP contribution < -0.4 is 4.84 Å². The molecule has 0 aromatic heterocycles. The normalized spacial score (nSPS) is 10.7. The van der Waals surface area contributed by atoms with E-state index in [-0.39, 0.29) is 0 Å². The Hall–Kier alpha value is -1.22. The molecule has 0 aliphatic carbocycles. The summed E-state index contributed by atoms with van der Waals surface area (Å²) in [5.41, 5.74) is 0.951. The fraction of sp³-hybridized carbons (Fsp3) is 0.200. The van der Waals surface area contributed by atoms with E-state index in [0.29, 0.717) is 16.6 Å². The molecule has 2 nitrogen and oxygen atoms in total. The SMILES string of the molecule is CCN(Cc1cccc(Cl)c1Cl)Oc1ccccc1. The predicted octanol–water partition coefficient (Wildman–Crippen LogP) is 4.81. The van der Waals surface area contributed by atoms with Gasteiger partial charge in [0.15, 0.2) is 0 Å². The second kappa shape index (κ2) is 6.80. The van der Waals surface area contributed by atoms with Crippen LogP contribution in [0.15, 0.2) is 48.5 Å². The van der Waals surface area contributed by atoms with Crippen LogP contribution in [0.4, 0.5) is 0 Å². The summed E-state index contributed by atoms with van der Waals surface area (Å²) in [6.07, 6.45) is 0. The second-order valence-electron chi connectivity index (χ2n) is 4.07. The standard InChI is InChI=1S/C15H15Cl2NO/c1-2-18(19-13-8-4-3-5-9-13)11-12-7-6-10-14(16)15(12)17/h3-10H,2,11H2,1H3. The zero-order valence-electron chi connectivity index (χ0n) is 10.6. The fourth-order valence-electron chi connectivity index (χ4n) is 1.70. The van der Waals surface area contributed by atoms with Gasteiger partial charge in [0.25, 0.3) is 0 Å². The highest BCUT2D eigenvalue weighted by Gasteiger charge is 2.10. The molecule has 2 aromatic rings. The van der Waals surface area contributed by atoms with Crippen LogP contribution in [0.25, 0.3) is 0 Å². The summed E-state index contributed by atoms with van der Waals surface area (Å²) in [6.45, 7) is 3.36. The highest BCUT2D eigenvalue weighted by atomic mass is 35.5.